The van der Waals surface area contributed by atoms with Crippen LogP contribution in [0.4, 0.5) is 15.8 Å². The van der Waals surface area contributed by atoms with Gasteiger partial charge in [0.1, 0.15) is 11.6 Å². The molecule has 44 heavy (non-hydrogen) atoms. The summed E-state index contributed by atoms with van der Waals surface area (Å²) in [5.74, 6) is -3.40. The molecule has 0 N–H and O–H groups in total. The van der Waals surface area contributed by atoms with E-state index in [1.165, 1.54) is 34.1 Å². The van der Waals surface area contributed by atoms with Crippen molar-refractivity contribution in [2.75, 3.05) is 16.3 Å². The minimum Gasteiger partial charge on any atom is -0.426 e. The number of hydrogen-bond donors (Lipinski definition) is 0. The van der Waals surface area contributed by atoms with E-state index in [0.29, 0.717) is 16.9 Å². The lowest BCUT2D eigenvalue weighted by Crippen LogP contribution is -2.41. The molecule has 218 valence electrons. The molecule has 2 aliphatic heterocycles. The van der Waals surface area contributed by atoms with Crippen LogP contribution in [0, 0.1) is 30.5 Å². The van der Waals surface area contributed by atoms with Crippen LogP contribution in [0.3, 0.4) is 0 Å². The number of imide groups is 1. The number of rotatable bonds is 4. The Kier molecular flexibility index (Phi) is 5.85. The van der Waals surface area contributed by atoms with Crippen LogP contribution in [-0.4, -0.2) is 30.2 Å². The first-order valence-corrected chi connectivity index (χ1v) is 14.8. The lowest BCUT2D eigenvalue weighted by atomic mass is 9.55. The number of carbonyl (C=O) groups excluding carboxylic acids is 4. The Morgan fingerprint density at radius 2 is 1.32 bits per heavy atom. The van der Waals surface area contributed by atoms with E-state index >= 15 is 0 Å². The minimum atomic E-state index is -0.684. The highest BCUT2D eigenvalue weighted by molar-refractivity contribution is 6.23. The molecule has 9 rings (SSSR count). The number of aryl methyl sites for hydroxylation is 1. The number of ether oxygens (including phenoxy) is 1. The molecular weight excluding hydrogens is 559 g/mol. The topological polar surface area (TPSA) is 84.0 Å². The molecule has 0 radical (unpaired) electrons. The highest BCUT2D eigenvalue weighted by Gasteiger charge is 2.61. The smallest absolute Gasteiger partial charge is 0.316 e. The van der Waals surface area contributed by atoms with Crippen molar-refractivity contribution in [1.82, 2.24) is 0 Å². The summed E-state index contributed by atoms with van der Waals surface area (Å²) < 4.78 is 19.0. The van der Waals surface area contributed by atoms with E-state index < -0.39 is 29.5 Å². The quantitative estimate of drug-likeness (QED) is 0.180. The molecule has 3 amide bonds. The maximum absolute atomic E-state index is 14.1. The van der Waals surface area contributed by atoms with E-state index in [1.807, 2.05) is 24.3 Å². The first-order chi connectivity index (χ1) is 21.3. The first kappa shape index (κ1) is 26.5. The summed E-state index contributed by atoms with van der Waals surface area (Å²) in [4.78, 5) is 56.6. The SMILES string of the molecule is Cc1cc(OC(=O)[C@@H]2CC(=O)N(c3ccc(F)cc3)C2)ccc1N1C(=O)[C@H]2C3c4ccccc4C(c4ccccc43)[C@@H]2C1=O. The van der Waals surface area contributed by atoms with Gasteiger partial charge in [0.05, 0.1) is 23.4 Å². The Hall–Kier alpha value is -5.11. The third kappa shape index (κ3) is 3.80. The van der Waals surface area contributed by atoms with Gasteiger partial charge in [-0.15, -0.1) is 0 Å². The van der Waals surface area contributed by atoms with Gasteiger partial charge in [0.15, 0.2) is 0 Å². The van der Waals surface area contributed by atoms with Gasteiger partial charge in [-0.2, -0.15) is 0 Å². The van der Waals surface area contributed by atoms with Crippen LogP contribution in [0.25, 0.3) is 0 Å². The van der Waals surface area contributed by atoms with E-state index in [0.717, 1.165) is 22.3 Å². The van der Waals surface area contributed by atoms with E-state index in [-0.39, 0.29) is 48.3 Å². The van der Waals surface area contributed by atoms with Gasteiger partial charge in [0.2, 0.25) is 17.7 Å². The second kappa shape index (κ2) is 9.71. The molecule has 2 saturated heterocycles. The molecule has 0 aromatic heterocycles. The van der Waals surface area contributed by atoms with Crippen LogP contribution in [-0.2, 0) is 19.2 Å². The average molecular weight is 587 g/mol. The Morgan fingerprint density at radius 1 is 0.773 bits per heavy atom. The van der Waals surface area contributed by atoms with Crippen molar-refractivity contribution in [3.63, 3.8) is 0 Å². The van der Waals surface area contributed by atoms with Crippen LogP contribution >= 0.6 is 0 Å². The van der Waals surface area contributed by atoms with Crippen molar-refractivity contribution < 1.29 is 28.3 Å². The highest BCUT2D eigenvalue weighted by atomic mass is 19.1. The fourth-order valence-corrected chi connectivity index (χ4v) is 7.79. The van der Waals surface area contributed by atoms with Crippen molar-refractivity contribution in [3.05, 3.63) is 125 Å². The number of amides is 3. The summed E-state index contributed by atoms with van der Waals surface area (Å²) in [6.07, 6.45) is -0.0139. The summed E-state index contributed by atoms with van der Waals surface area (Å²) in [5.41, 5.74) is 6.07. The number of esters is 1. The maximum Gasteiger partial charge on any atom is 0.316 e. The van der Waals surface area contributed by atoms with Gasteiger partial charge in [0, 0.05) is 30.5 Å². The van der Waals surface area contributed by atoms with Crippen LogP contribution in [0.1, 0.15) is 46.1 Å². The molecule has 5 aliphatic rings. The van der Waals surface area contributed by atoms with Gasteiger partial charge in [-0.25, -0.2) is 9.29 Å². The zero-order chi connectivity index (χ0) is 30.3. The lowest BCUT2D eigenvalue weighted by molar-refractivity contribution is -0.139. The number of halogens is 1. The normalized spacial score (nSPS) is 24.8. The largest absolute Gasteiger partial charge is 0.426 e. The first-order valence-electron chi connectivity index (χ1n) is 14.8. The van der Waals surface area contributed by atoms with Gasteiger partial charge in [-0.3, -0.25) is 19.2 Å². The van der Waals surface area contributed by atoms with E-state index in [4.69, 9.17) is 4.74 Å². The van der Waals surface area contributed by atoms with Gasteiger partial charge in [-0.1, -0.05) is 48.5 Å². The average Bonchev–Trinajstić information content (AvgIpc) is 3.55. The Bertz CT molecular complexity index is 1790. The molecule has 3 aliphatic carbocycles. The molecule has 0 saturated carbocycles. The molecule has 2 fully saturated rings. The summed E-state index contributed by atoms with van der Waals surface area (Å²) >= 11 is 0. The van der Waals surface area contributed by atoms with E-state index in [9.17, 15) is 23.6 Å². The van der Waals surface area contributed by atoms with Crippen molar-refractivity contribution in [2.45, 2.75) is 25.2 Å². The zero-order valence-electron chi connectivity index (χ0n) is 23.8. The highest BCUT2D eigenvalue weighted by Crippen LogP contribution is 2.61. The summed E-state index contributed by atoms with van der Waals surface area (Å²) in [5, 5.41) is 0. The molecule has 0 spiro atoms. The molecule has 4 aromatic carbocycles. The Labute approximate surface area is 252 Å². The number of carbonyl (C=O) groups is 4. The van der Waals surface area contributed by atoms with Gasteiger partial charge in [-0.05, 0) is 77.2 Å². The maximum atomic E-state index is 14.1. The number of anilines is 2. The molecule has 2 bridgehead atoms. The zero-order valence-corrected chi connectivity index (χ0v) is 23.8. The lowest BCUT2D eigenvalue weighted by Gasteiger charge is -2.45. The fourth-order valence-electron chi connectivity index (χ4n) is 7.79. The van der Waals surface area contributed by atoms with Crippen molar-refractivity contribution in [1.29, 1.82) is 0 Å². The van der Waals surface area contributed by atoms with Crippen LogP contribution in [0.15, 0.2) is 91.0 Å². The standard InChI is InChI=1S/C36H27FN2O5/c1-19-16-23(44-36(43)20-17-29(40)38(18-20)22-12-10-21(37)11-13-22)14-15-28(19)39-34(41)32-30-24-6-2-3-7-25(24)31(33(32)35(39)42)27-9-5-4-8-26(27)30/h2-16,20,30-33H,17-18H2,1H3/t20-,30?,31?,32+,33+/m1/s1. The Morgan fingerprint density at radius 3 is 1.84 bits per heavy atom. The third-order valence-electron chi connectivity index (χ3n) is 9.67. The molecule has 3 atom stereocenters. The number of nitrogens with zero attached hydrogens (tertiary/aromatic N) is 2. The van der Waals surface area contributed by atoms with Crippen LogP contribution in [0.5, 0.6) is 5.75 Å². The van der Waals surface area contributed by atoms with E-state index in [1.54, 1.807) is 25.1 Å². The van der Waals surface area contributed by atoms with E-state index in [2.05, 4.69) is 24.3 Å². The molecular formula is C36H27FN2O5. The number of benzene rings is 4. The summed E-state index contributed by atoms with van der Waals surface area (Å²) in [6.45, 7) is 1.91. The predicted octanol–water partition coefficient (Wildman–Crippen LogP) is 5.49. The Balaban J connectivity index is 1.04. The van der Waals surface area contributed by atoms with Crippen molar-refractivity contribution >= 4 is 35.1 Å². The second-order valence-electron chi connectivity index (χ2n) is 12.0. The van der Waals surface area contributed by atoms with Crippen LogP contribution < -0.4 is 14.5 Å². The van der Waals surface area contributed by atoms with Gasteiger partial charge < -0.3 is 9.64 Å². The molecule has 0 unspecified atom stereocenters. The van der Waals surface area contributed by atoms with Crippen LogP contribution in [0.2, 0.25) is 0 Å². The minimum absolute atomic E-state index is 0.0139. The second-order valence-corrected chi connectivity index (χ2v) is 12.0. The number of hydrogen-bond acceptors (Lipinski definition) is 5. The molecule has 8 heteroatoms. The van der Waals surface area contributed by atoms with Gasteiger partial charge >= 0.3 is 5.97 Å². The van der Waals surface area contributed by atoms with Crippen molar-refractivity contribution in [3.8, 4) is 5.75 Å². The predicted molar refractivity (Wildman–Crippen MR) is 160 cm³/mol. The molecule has 7 nitrogen and oxygen atoms in total. The fraction of sp³-hybridized carbons (Fsp3) is 0.222. The summed E-state index contributed by atoms with van der Waals surface area (Å²) in [6, 6.07) is 26.7. The van der Waals surface area contributed by atoms with Crippen molar-refractivity contribution in [2.24, 2.45) is 17.8 Å². The molecule has 2 heterocycles. The summed E-state index contributed by atoms with van der Waals surface area (Å²) in [7, 11) is 0. The third-order valence-corrected chi connectivity index (χ3v) is 9.67. The monoisotopic (exact) mass is 586 g/mol. The molecule has 4 aromatic rings. The van der Waals surface area contributed by atoms with Gasteiger partial charge in [0.25, 0.3) is 0 Å².